The van der Waals surface area contributed by atoms with Gasteiger partial charge in [-0.05, 0) is 34.7 Å². The van der Waals surface area contributed by atoms with Gasteiger partial charge in [-0.2, -0.15) is 0 Å². The Morgan fingerprint density at radius 1 is 1.35 bits per heavy atom. The number of aliphatic hydroxyl groups excluding tert-OH is 1. The van der Waals surface area contributed by atoms with Crippen LogP contribution in [0.15, 0.2) is 10.8 Å². The van der Waals surface area contributed by atoms with Crippen LogP contribution >= 0.6 is 27.5 Å². The first kappa shape index (κ1) is 11.7. The fraction of sp³-hybridized carbons (Fsp3) is 0.636. The number of aliphatic hydroxyl groups is 1. The zero-order valence-corrected chi connectivity index (χ0v) is 11.5. The van der Waals surface area contributed by atoms with Gasteiger partial charge in [-0.25, -0.2) is 9.97 Å². The lowest BCUT2D eigenvalue weighted by atomic mass is 10.00. The standard InChI is InChI=1S/C11H13BrClN3O/c12-9-10(13)14-5-15-11(9)16-3-6-1-2-8(17)7(6)4-16/h5-8,17H,1-4H2. The van der Waals surface area contributed by atoms with Crippen LogP contribution in [0.5, 0.6) is 0 Å². The second-order valence-corrected chi connectivity index (χ2v) is 5.93. The van der Waals surface area contributed by atoms with E-state index in [9.17, 15) is 5.11 Å². The lowest BCUT2D eigenvalue weighted by Crippen LogP contribution is -2.25. The quantitative estimate of drug-likeness (QED) is 0.806. The van der Waals surface area contributed by atoms with Gasteiger partial charge < -0.3 is 10.0 Å². The summed E-state index contributed by atoms with van der Waals surface area (Å²) >= 11 is 9.39. The Morgan fingerprint density at radius 3 is 2.94 bits per heavy atom. The average molecular weight is 319 g/mol. The van der Waals surface area contributed by atoms with Crippen molar-refractivity contribution in [2.75, 3.05) is 18.0 Å². The Hall–Kier alpha value is -0.390. The molecule has 0 amide bonds. The molecular formula is C11H13BrClN3O. The van der Waals surface area contributed by atoms with Crippen LogP contribution in [-0.4, -0.2) is 34.3 Å². The third-order valence-electron chi connectivity index (χ3n) is 3.85. The van der Waals surface area contributed by atoms with E-state index in [1.807, 2.05) is 0 Å². The van der Waals surface area contributed by atoms with Crippen molar-refractivity contribution in [2.24, 2.45) is 11.8 Å². The third kappa shape index (κ3) is 1.94. The van der Waals surface area contributed by atoms with Crippen molar-refractivity contribution in [3.05, 3.63) is 16.0 Å². The Balaban J connectivity index is 1.85. The lowest BCUT2D eigenvalue weighted by molar-refractivity contribution is 0.133. The highest BCUT2D eigenvalue weighted by molar-refractivity contribution is 9.10. The van der Waals surface area contributed by atoms with Crippen molar-refractivity contribution in [1.29, 1.82) is 0 Å². The first-order chi connectivity index (χ1) is 8.16. The number of halogens is 2. The first-order valence-electron chi connectivity index (χ1n) is 5.76. The molecule has 0 radical (unpaired) electrons. The summed E-state index contributed by atoms with van der Waals surface area (Å²) in [5.74, 6) is 1.81. The van der Waals surface area contributed by atoms with E-state index in [0.29, 0.717) is 17.0 Å². The molecule has 2 fully saturated rings. The summed E-state index contributed by atoms with van der Waals surface area (Å²) in [6.45, 7) is 1.81. The average Bonchev–Trinajstić information content (AvgIpc) is 2.85. The second-order valence-electron chi connectivity index (χ2n) is 4.78. The molecule has 0 spiro atoms. The van der Waals surface area contributed by atoms with Gasteiger partial charge in [0.1, 0.15) is 17.3 Å². The van der Waals surface area contributed by atoms with E-state index in [1.54, 1.807) is 0 Å². The van der Waals surface area contributed by atoms with Crippen LogP contribution in [0.4, 0.5) is 5.82 Å². The number of anilines is 1. The predicted molar refractivity (Wildman–Crippen MR) is 69.2 cm³/mol. The highest BCUT2D eigenvalue weighted by atomic mass is 79.9. The molecule has 2 aliphatic rings. The number of hydrogen-bond donors (Lipinski definition) is 1. The van der Waals surface area contributed by atoms with Gasteiger partial charge in [0.25, 0.3) is 0 Å². The van der Waals surface area contributed by atoms with Gasteiger partial charge in [-0.3, -0.25) is 0 Å². The molecule has 0 aromatic carbocycles. The maximum atomic E-state index is 9.89. The van der Waals surface area contributed by atoms with Gasteiger partial charge in [0.2, 0.25) is 0 Å². The monoisotopic (exact) mass is 317 g/mol. The van der Waals surface area contributed by atoms with Crippen LogP contribution in [0.3, 0.4) is 0 Å². The molecule has 1 saturated heterocycles. The van der Waals surface area contributed by atoms with E-state index in [1.165, 1.54) is 6.33 Å². The molecule has 3 atom stereocenters. The largest absolute Gasteiger partial charge is 0.393 e. The number of aromatic nitrogens is 2. The fourth-order valence-electron chi connectivity index (χ4n) is 2.97. The van der Waals surface area contributed by atoms with E-state index in [-0.39, 0.29) is 6.10 Å². The Kier molecular flexibility index (Phi) is 3.00. The molecule has 4 nitrogen and oxygen atoms in total. The minimum Gasteiger partial charge on any atom is -0.393 e. The molecule has 2 heterocycles. The molecule has 1 aromatic heterocycles. The highest BCUT2D eigenvalue weighted by Gasteiger charge is 2.42. The van der Waals surface area contributed by atoms with Crippen molar-refractivity contribution in [3.8, 4) is 0 Å². The van der Waals surface area contributed by atoms with E-state index >= 15 is 0 Å². The van der Waals surface area contributed by atoms with Gasteiger partial charge in [0, 0.05) is 19.0 Å². The molecule has 1 aromatic rings. The van der Waals surface area contributed by atoms with E-state index in [4.69, 9.17) is 11.6 Å². The highest BCUT2D eigenvalue weighted by Crippen LogP contribution is 2.41. The molecular weight excluding hydrogens is 305 g/mol. The zero-order valence-electron chi connectivity index (χ0n) is 9.18. The summed E-state index contributed by atoms with van der Waals surface area (Å²) in [5.41, 5.74) is 0. The van der Waals surface area contributed by atoms with Gasteiger partial charge in [0.05, 0.1) is 10.6 Å². The molecule has 1 aliphatic carbocycles. The van der Waals surface area contributed by atoms with Crippen molar-refractivity contribution < 1.29 is 5.11 Å². The molecule has 1 saturated carbocycles. The van der Waals surface area contributed by atoms with Crippen molar-refractivity contribution >= 4 is 33.3 Å². The normalized spacial score (nSPS) is 31.9. The van der Waals surface area contributed by atoms with Crippen molar-refractivity contribution in [2.45, 2.75) is 18.9 Å². The summed E-state index contributed by atoms with van der Waals surface area (Å²) in [6.07, 6.45) is 3.38. The van der Waals surface area contributed by atoms with Crippen molar-refractivity contribution in [3.63, 3.8) is 0 Å². The summed E-state index contributed by atoms with van der Waals surface area (Å²) in [6, 6.07) is 0. The van der Waals surface area contributed by atoms with E-state index in [0.717, 1.165) is 36.2 Å². The van der Waals surface area contributed by atoms with Gasteiger partial charge in [-0.1, -0.05) is 11.6 Å². The van der Waals surface area contributed by atoms with Crippen LogP contribution in [0.1, 0.15) is 12.8 Å². The number of rotatable bonds is 1. The SMILES string of the molecule is OC1CCC2CN(c3ncnc(Cl)c3Br)CC12. The Morgan fingerprint density at radius 2 is 2.18 bits per heavy atom. The van der Waals surface area contributed by atoms with E-state index in [2.05, 4.69) is 30.8 Å². The van der Waals surface area contributed by atoms with Crippen LogP contribution in [-0.2, 0) is 0 Å². The van der Waals surface area contributed by atoms with Crippen LogP contribution in [0.2, 0.25) is 5.15 Å². The number of hydrogen-bond acceptors (Lipinski definition) is 4. The zero-order chi connectivity index (χ0) is 12.0. The minimum atomic E-state index is -0.152. The predicted octanol–water partition coefficient (Wildman–Crippen LogP) is 2.10. The number of fused-ring (bicyclic) bond motifs is 1. The maximum absolute atomic E-state index is 9.89. The Labute approximate surface area is 113 Å². The van der Waals surface area contributed by atoms with Crippen molar-refractivity contribution in [1.82, 2.24) is 9.97 Å². The van der Waals surface area contributed by atoms with Crippen LogP contribution < -0.4 is 4.90 Å². The smallest absolute Gasteiger partial charge is 0.148 e. The molecule has 3 unspecified atom stereocenters. The lowest BCUT2D eigenvalue weighted by Gasteiger charge is -2.20. The molecule has 1 aliphatic heterocycles. The summed E-state index contributed by atoms with van der Waals surface area (Å²) < 4.78 is 0.746. The summed E-state index contributed by atoms with van der Waals surface area (Å²) in [5, 5.41) is 10.3. The van der Waals surface area contributed by atoms with Crippen LogP contribution in [0, 0.1) is 11.8 Å². The third-order valence-corrected chi connectivity index (χ3v) is 5.09. The second kappa shape index (κ2) is 4.37. The van der Waals surface area contributed by atoms with Gasteiger partial charge >= 0.3 is 0 Å². The number of nitrogens with zero attached hydrogens (tertiary/aromatic N) is 3. The molecule has 1 N–H and O–H groups in total. The Bertz CT molecular complexity index is 445. The molecule has 17 heavy (non-hydrogen) atoms. The molecule has 6 heteroatoms. The summed E-state index contributed by atoms with van der Waals surface area (Å²) in [7, 11) is 0. The summed E-state index contributed by atoms with van der Waals surface area (Å²) in [4.78, 5) is 10.4. The first-order valence-corrected chi connectivity index (χ1v) is 6.93. The van der Waals surface area contributed by atoms with E-state index < -0.39 is 0 Å². The maximum Gasteiger partial charge on any atom is 0.148 e. The molecule has 0 bridgehead atoms. The van der Waals surface area contributed by atoms with Gasteiger partial charge in [-0.15, -0.1) is 0 Å². The topological polar surface area (TPSA) is 49.2 Å². The van der Waals surface area contributed by atoms with Gasteiger partial charge in [0.15, 0.2) is 0 Å². The van der Waals surface area contributed by atoms with Crippen LogP contribution in [0.25, 0.3) is 0 Å². The minimum absolute atomic E-state index is 0.152. The fourth-order valence-corrected chi connectivity index (χ4v) is 3.55. The molecule has 3 rings (SSSR count). The molecule has 92 valence electrons.